The number of rotatable bonds is 1. The van der Waals surface area contributed by atoms with E-state index in [4.69, 9.17) is 9.47 Å². The largest absolute Gasteiger partial charge is 0.487 e. The molecule has 0 bridgehead atoms. The molecule has 1 fully saturated rings. The summed E-state index contributed by atoms with van der Waals surface area (Å²) < 4.78 is 11.2. The highest BCUT2D eigenvalue weighted by Crippen LogP contribution is 2.38. The standard InChI is InChI=1S/C12H16N2O2/c1-8-3-4-13-12-11(8)16-7-9-5-10(15-2)6-14(9)12/h3-4,9-10H,5-7H2,1-2H3/t9-,10+/m0/s1. The van der Waals surface area contributed by atoms with Crippen LogP contribution in [0.3, 0.4) is 0 Å². The number of pyridine rings is 1. The van der Waals surface area contributed by atoms with Crippen LogP contribution < -0.4 is 9.64 Å². The summed E-state index contributed by atoms with van der Waals surface area (Å²) in [5, 5.41) is 0. The zero-order valence-corrected chi connectivity index (χ0v) is 9.64. The Labute approximate surface area is 95.2 Å². The van der Waals surface area contributed by atoms with E-state index < -0.39 is 0 Å². The molecule has 2 atom stereocenters. The molecule has 1 saturated heterocycles. The van der Waals surface area contributed by atoms with Crippen LogP contribution in [0.2, 0.25) is 0 Å². The van der Waals surface area contributed by atoms with Gasteiger partial charge in [-0.15, -0.1) is 0 Å². The Balaban J connectivity index is 1.97. The van der Waals surface area contributed by atoms with Crippen LogP contribution in [0, 0.1) is 6.92 Å². The summed E-state index contributed by atoms with van der Waals surface area (Å²) >= 11 is 0. The third-order valence-electron chi connectivity index (χ3n) is 3.48. The fourth-order valence-electron chi connectivity index (χ4n) is 2.55. The van der Waals surface area contributed by atoms with Crippen molar-refractivity contribution in [2.75, 3.05) is 25.2 Å². The minimum absolute atomic E-state index is 0.307. The molecule has 2 aliphatic rings. The predicted octanol–water partition coefficient (Wildman–Crippen LogP) is 1.38. The normalized spacial score (nSPS) is 27.2. The fraction of sp³-hybridized carbons (Fsp3) is 0.583. The van der Waals surface area contributed by atoms with E-state index in [2.05, 4.69) is 16.8 Å². The molecule has 0 aromatic carbocycles. The summed E-state index contributed by atoms with van der Waals surface area (Å²) in [5.74, 6) is 1.92. The third-order valence-corrected chi connectivity index (χ3v) is 3.48. The van der Waals surface area contributed by atoms with E-state index in [9.17, 15) is 0 Å². The molecule has 1 aromatic heterocycles. The van der Waals surface area contributed by atoms with Crippen LogP contribution in [0.25, 0.3) is 0 Å². The van der Waals surface area contributed by atoms with Gasteiger partial charge in [0.15, 0.2) is 11.6 Å². The molecule has 0 amide bonds. The quantitative estimate of drug-likeness (QED) is 0.716. The molecule has 0 saturated carbocycles. The van der Waals surface area contributed by atoms with E-state index in [1.165, 1.54) is 0 Å². The van der Waals surface area contributed by atoms with E-state index >= 15 is 0 Å². The number of aryl methyl sites for hydroxylation is 1. The molecule has 0 aliphatic carbocycles. The van der Waals surface area contributed by atoms with Gasteiger partial charge in [0.05, 0.1) is 12.1 Å². The van der Waals surface area contributed by atoms with Crippen LogP contribution in [0.15, 0.2) is 12.3 Å². The van der Waals surface area contributed by atoms with Crippen molar-refractivity contribution in [3.05, 3.63) is 17.8 Å². The molecule has 0 N–H and O–H groups in total. The molecule has 2 aliphatic heterocycles. The highest BCUT2D eigenvalue weighted by molar-refractivity contribution is 5.59. The highest BCUT2D eigenvalue weighted by Gasteiger charge is 2.38. The zero-order chi connectivity index (χ0) is 11.1. The van der Waals surface area contributed by atoms with Crippen LogP contribution >= 0.6 is 0 Å². The number of nitrogens with zero attached hydrogens (tertiary/aromatic N) is 2. The van der Waals surface area contributed by atoms with Crippen LogP contribution in [0.5, 0.6) is 5.75 Å². The second kappa shape index (κ2) is 3.63. The lowest BCUT2D eigenvalue weighted by molar-refractivity contribution is 0.116. The first kappa shape index (κ1) is 9.90. The average Bonchev–Trinajstić information content (AvgIpc) is 2.72. The summed E-state index contributed by atoms with van der Waals surface area (Å²) in [5.41, 5.74) is 1.16. The molecule has 4 heteroatoms. The Morgan fingerprint density at radius 2 is 2.44 bits per heavy atom. The van der Waals surface area contributed by atoms with Crippen molar-refractivity contribution in [1.82, 2.24) is 4.98 Å². The van der Waals surface area contributed by atoms with Gasteiger partial charge in [0, 0.05) is 19.9 Å². The van der Waals surface area contributed by atoms with Gasteiger partial charge in [-0.1, -0.05) is 0 Å². The second-order valence-electron chi connectivity index (χ2n) is 4.49. The Morgan fingerprint density at radius 3 is 3.25 bits per heavy atom. The minimum Gasteiger partial charge on any atom is -0.487 e. The summed E-state index contributed by atoms with van der Waals surface area (Å²) in [6.45, 7) is 3.73. The molecule has 0 spiro atoms. The lowest BCUT2D eigenvalue weighted by atomic mass is 10.1. The Morgan fingerprint density at radius 1 is 1.56 bits per heavy atom. The van der Waals surface area contributed by atoms with Gasteiger partial charge >= 0.3 is 0 Å². The summed E-state index contributed by atoms with van der Waals surface area (Å²) in [7, 11) is 1.77. The number of aromatic nitrogens is 1. The van der Waals surface area contributed by atoms with Crippen molar-refractivity contribution in [2.24, 2.45) is 0 Å². The first-order valence-corrected chi connectivity index (χ1v) is 5.67. The summed E-state index contributed by atoms with van der Waals surface area (Å²) in [4.78, 5) is 6.76. The maximum atomic E-state index is 5.80. The summed E-state index contributed by atoms with van der Waals surface area (Å²) in [6.07, 6.45) is 3.19. The number of methoxy groups -OCH3 is 1. The third kappa shape index (κ3) is 1.37. The van der Waals surface area contributed by atoms with Crippen molar-refractivity contribution in [2.45, 2.75) is 25.5 Å². The molecule has 0 radical (unpaired) electrons. The maximum absolute atomic E-state index is 5.80. The lowest BCUT2D eigenvalue weighted by Gasteiger charge is -2.32. The van der Waals surface area contributed by atoms with Gasteiger partial charge in [0.1, 0.15) is 6.61 Å². The van der Waals surface area contributed by atoms with Crippen LogP contribution in [-0.2, 0) is 4.74 Å². The molecule has 86 valence electrons. The molecular formula is C12H16N2O2. The van der Waals surface area contributed by atoms with E-state index in [0.29, 0.717) is 12.1 Å². The van der Waals surface area contributed by atoms with Crippen molar-refractivity contribution in [3.8, 4) is 5.75 Å². The van der Waals surface area contributed by atoms with Gasteiger partial charge in [0.25, 0.3) is 0 Å². The molecular weight excluding hydrogens is 204 g/mol. The number of hydrogen-bond acceptors (Lipinski definition) is 4. The second-order valence-corrected chi connectivity index (χ2v) is 4.49. The number of anilines is 1. The van der Waals surface area contributed by atoms with Gasteiger partial charge in [-0.05, 0) is 25.0 Å². The van der Waals surface area contributed by atoms with Gasteiger partial charge in [-0.25, -0.2) is 4.98 Å². The van der Waals surface area contributed by atoms with E-state index in [-0.39, 0.29) is 0 Å². The topological polar surface area (TPSA) is 34.6 Å². The minimum atomic E-state index is 0.307. The molecule has 0 unspecified atom stereocenters. The molecule has 3 rings (SSSR count). The van der Waals surface area contributed by atoms with Crippen LogP contribution in [0.1, 0.15) is 12.0 Å². The molecule has 1 aromatic rings. The number of ether oxygens (including phenoxy) is 2. The van der Waals surface area contributed by atoms with Gasteiger partial charge in [0.2, 0.25) is 0 Å². The Hall–Kier alpha value is -1.29. The summed E-state index contributed by atoms with van der Waals surface area (Å²) in [6, 6.07) is 2.41. The van der Waals surface area contributed by atoms with Crippen LogP contribution in [0.4, 0.5) is 5.82 Å². The first-order chi connectivity index (χ1) is 7.79. The van der Waals surface area contributed by atoms with Gasteiger partial charge in [-0.3, -0.25) is 0 Å². The van der Waals surface area contributed by atoms with Gasteiger partial charge < -0.3 is 14.4 Å². The number of fused-ring (bicyclic) bond motifs is 3. The zero-order valence-electron chi connectivity index (χ0n) is 9.64. The Kier molecular flexibility index (Phi) is 2.24. The monoisotopic (exact) mass is 220 g/mol. The van der Waals surface area contributed by atoms with Crippen molar-refractivity contribution in [3.63, 3.8) is 0 Å². The van der Waals surface area contributed by atoms with E-state index in [1.54, 1.807) is 7.11 Å². The van der Waals surface area contributed by atoms with Gasteiger partial charge in [-0.2, -0.15) is 0 Å². The Bertz CT molecular complexity index is 408. The highest BCUT2D eigenvalue weighted by atomic mass is 16.5. The smallest absolute Gasteiger partial charge is 0.172 e. The van der Waals surface area contributed by atoms with Crippen LogP contribution in [-0.4, -0.2) is 37.4 Å². The number of hydrogen-bond donors (Lipinski definition) is 0. The SMILES string of the molecule is CO[C@@H]1C[C@H]2COc3c(C)ccnc3N2C1. The molecule has 3 heterocycles. The van der Waals surface area contributed by atoms with E-state index in [1.807, 2.05) is 12.3 Å². The average molecular weight is 220 g/mol. The van der Waals surface area contributed by atoms with E-state index in [0.717, 1.165) is 36.7 Å². The first-order valence-electron chi connectivity index (χ1n) is 5.67. The lowest BCUT2D eigenvalue weighted by Crippen LogP contribution is -2.39. The van der Waals surface area contributed by atoms with Crippen molar-refractivity contribution < 1.29 is 9.47 Å². The predicted molar refractivity (Wildman–Crippen MR) is 61.0 cm³/mol. The van der Waals surface area contributed by atoms with Crippen molar-refractivity contribution >= 4 is 5.82 Å². The van der Waals surface area contributed by atoms with Crippen molar-refractivity contribution in [1.29, 1.82) is 0 Å². The molecule has 4 nitrogen and oxygen atoms in total. The maximum Gasteiger partial charge on any atom is 0.172 e. The molecule has 16 heavy (non-hydrogen) atoms. The fourth-order valence-corrected chi connectivity index (χ4v) is 2.55.